The summed E-state index contributed by atoms with van der Waals surface area (Å²) < 4.78 is 40.7. The van der Waals surface area contributed by atoms with Gasteiger partial charge in [-0.15, -0.1) is 0 Å². The number of hydrogen-bond donors (Lipinski definition) is 2. The van der Waals surface area contributed by atoms with E-state index in [1.165, 1.54) is 4.31 Å². The lowest BCUT2D eigenvalue weighted by molar-refractivity contribution is -0.179. The average molecular weight is 319 g/mol. The van der Waals surface area contributed by atoms with Crippen molar-refractivity contribution >= 4 is 10.2 Å². The zero-order valence-electron chi connectivity index (χ0n) is 12.5. The molecule has 0 amide bonds. The highest BCUT2D eigenvalue weighted by molar-refractivity contribution is 7.87. The van der Waals surface area contributed by atoms with Gasteiger partial charge in [0.15, 0.2) is 5.79 Å². The minimum absolute atomic E-state index is 0.0291. The number of nitrogens with zero attached hydrogens (tertiary/aromatic N) is 1. The van der Waals surface area contributed by atoms with Crippen LogP contribution in [0.2, 0.25) is 0 Å². The number of ether oxygens (including phenoxy) is 2. The predicted octanol–water partition coefficient (Wildman–Crippen LogP) is -0.342. The third kappa shape index (κ3) is 3.40. The van der Waals surface area contributed by atoms with Gasteiger partial charge in [-0.25, -0.2) is 0 Å². The molecule has 2 atom stereocenters. The van der Waals surface area contributed by atoms with Crippen molar-refractivity contribution in [3.8, 4) is 0 Å². The highest BCUT2D eigenvalue weighted by Gasteiger charge is 2.42. The van der Waals surface area contributed by atoms with Crippen LogP contribution < -0.4 is 10.0 Å². The predicted molar refractivity (Wildman–Crippen MR) is 77.9 cm³/mol. The van der Waals surface area contributed by atoms with E-state index in [0.717, 1.165) is 13.0 Å². The van der Waals surface area contributed by atoms with Gasteiger partial charge in [-0.05, 0) is 18.9 Å². The maximum atomic E-state index is 12.5. The molecule has 3 fully saturated rings. The molecule has 1 spiro atoms. The Hall–Kier alpha value is -0.250. The van der Waals surface area contributed by atoms with E-state index in [-0.39, 0.29) is 6.04 Å². The summed E-state index contributed by atoms with van der Waals surface area (Å²) in [4.78, 5) is 0. The van der Waals surface area contributed by atoms with Crippen molar-refractivity contribution in [3.63, 3.8) is 0 Å². The van der Waals surface area contributed by atoms with E-state index in [0.29, 0.717) is 51.6 Å². The third-order valence-corrected chi connectivity index (χ3v) is 6.41. The zero-order valence-corrected chi connectivity index (χ0v) is 13.3. The summed E-state index contributed by atoms with van der Waals surface area (Å²) in [5.74, 6) is -0.176. The third-order valence-electron chi connectivity index (χ3n) is 4.77. The molecule has 0 aliphatic carbocycles. The number of hydrogen-bond acceptors (Lipinski definition) is 5. The minimum atomic E-state index is -3.43. The van der Waals surface area contributed by atoms with E-state index in [1.807, 2.05) is 0 Å². The summed E-state index contributed by atoms with van der Waals surface area (Å²) in [6.45, 7) is 5.87. The topological polar surface area (TPSA) is 79.9 Å². The van der Waals surface area contributed by atoms with Crippen LogP contribution in [0.1, 0.15) is 26.2 Å². The fourth-order valence-corrected chi connectivity index (χ4v) is 4.78. The summed E-state index contributed by atoms with van der Waals surface area (Å²) >= 11 is 0. The van der Waals surface area contributed by atoms with E-state index in [9.17, 15) is 8.42 Å². The largest absolute Gasteiger partial charge is 0.347 e. The first kappa shape index (κ1) is 15.6. The van der Waals surface area contributed by atoms with E-state index in [4.69, 9.17) is 9.47 Å². The minimum Gasteiger partial charge on any atom is -0.347 e. The Morgan fingerprint density at radius 3 is 2.52 bits per heavy atom. The van der Waals surface area contributed by atoms with Crippen LogP contribution in [0.3, 0.4) is 0 Å². The maximum absolute atomic E-state index is 12.5. The van der Waals surface area contributed by atoms with Crippen LogP contribution in [0.15, 0.2) is 0 Å². The van der Waals surface area contributed by atoms with Crippen LogP contribution in [-0.4, -0.2) is 63.9 Å². The smallest absolute Gasteiger partial charge is 0.279 e. The molecule has 0 saturated carbocycles. The van der Waals surface area contributed by atoms with Gasteiger partial charge >= 0.3 is 0 Å². The van der Waals surface area contributed by atoms with Crippen LogP contribution in [0, 0.1) is 5.92 Å². The van der Waals surface area contributed by atoms with Crippen molar-refractivity contribution < 1.29 is 17.9 Å². The van der Waals surface area contributed by atoms with Gasteiger partial charge in [-0.2, -0.15) is 17.4 Å². The van der Waals surface area contributed by atoms with Crippen LogP contribution in [0.4, 0.5) is 0 Å². The van der Waals surface area contributed by atoms with Gasteiger partial charge in [0.1, 0.15) is 0 Å². The maximum Gasteiger partial charge on any atom is 0.279 e. The summed E-state index contributed by atoms with van der Waals surface area (Å²) in [7, 11) is -3.43. The van der Waals surface area contributed by atoms with Gasteiger partial charge in [0.2, 0.25) is 0 Å². The monoisotopic (exact) mass is 319 g/mol. The summed E-state index contributed by atoms with van der Waals surface area (Å²) in [6, 6.07) is -0.0291. The molecule has 3 aliphatic heterocycles. The first-order valence-corrected chi connectivity index (χ1v) is 9.21. The van der Waals surface area contributed by atoms with Crippen molar-refractivity contribution in [2.75, 3.05) is 39.4 Å². The molecule has 3 aliphatic rings. The molecule has 0 radical (unpaired) electrons. The van der Waals surface area contributed by atoms with Gasteiger partial charge in [-0.3, -0.25) is 0 Å². The normalized spacial score (nSPS) is 34.3. The Morgan fingerprint density at radius 1 is 1.24 bits per heavy atom. The Bertz CT molecular complexity index is 454. The molecule has 0 bridgehead atoms. The van der Waals surface area contributed by atoms with Crippen molar-refractivity contribution in [3.05, 3.63) is 0 Å². The van der Waals surface area contributed by atoms with Crippen molar-refractivity contribution in [2.45, 2.75) is 38.0 Å². The lowest BCUT2D eigenvalue weighted by Gasteiger charge is -2.38. The van der Waals surface area contributed by atoms with Crippen LogP contribution in [0.5, 0.6) is 0 Å². The first-order valence-electron chi connectivity index (χ1n) is 7.77. The van der Waals surface area contributed by atoms with Crippen LogP contribution >= 0.6 is 0 Å². The molecule has 7 nitrogen and oxygen atoms in total. The van der Waals surface area contributed by atoms with Crippen molar-refractivity contribution in [1.29, 1.82) is 0 Å². The molecular weight excluding hydrogens is 294 g/mol. The van der Waals surface area contributed by atoms with Gasteiger partial charge in [0, 0.05) is 38.5 Å². The quantitative estimate of drug-likeness (QED) is 0.744. The van der Waals surface area contributed by atoms with Crippen molar-refractivity contribution in [2.24, 2.45) is 5.92 Å². The first-order chi connectivity index (χ1) is 10.0. The Kier molecular flexibility index (Phi) is 4.54. The van der Waals surface area contributed by atoms with E-state index in [1.54, 1.807) is 0 Å². The summed E-state index contributed by atoms with van der Waals surface area (Å²) in [5.41, 5.74) is 0. The summed E-state index contributed by atoms with van der Waals surface area (Å²) in [5, 5.41) is 3.24. The second-order valence-electron chi connectivity index (χ2n) is 6.21. The van der Waals surface area contributed by atoms with Crippen LogP contribution in [-0.2, 0) is 19.7 Å². The number of rotatable bonds is 3. The second-order valence-corrected chi connectivity index (χ2v) is 7.91. The lowest BCUT2D eigenvalue weighted by Crippen LogP contribution is -2.56. The fourth-order valence-electron chi connectivity index (χ4n) is 3.27. The molecule has 3 heterocycles. The highest BCUT2D eigenvalue weighted by atomic mass is 32.2. The molecule has 0 aromatic heterocycles. The van der Waals surface area contributed by atoms with E-state index >= 15 is 0 Å². The van der Waals surface area contributed by atoms with Gasteiger partial charge in [0.05, 0.1) is 13.2 Å². The molecular formula is C13H25N3O4S. The molecule has 2 unspecified atom stereocenters. The Balaban J connectivity index is 1.58. The Labute approximate surface area is 126 Å². The Morgan fingerprint density at radius 2 is 1.90 bits per heavy atom. The van der Waals surface area contributed by atoms with Gasteiger partial charge in [0.25, 0.3) is 10.2 Å². The van der Waals surface area contributed by atoms with Gasteiger partial charge in [-0.1, -0.05) is 6.92 Å². The van der Waals surface area contributed by atoms with E-state index in [2.05, 4.69) is 17.0 Å². The highest BCUT2D eigenvalue weighted by Crippen LogP contribution is 2.32. The van der Waals surface area contributed by atoms with Crippen LogP contribution in [0.25, 0.3) is 0 Å². The van der Waals surface area contributed by atoms with E-state index < -0.39 is 16.0 Å². The lowest BCUT2D eigenvalue weighted by atomic mass is 9.96. The molecule has 2 N–H and O–H groups in total. The molecule has 3 saturated heterocycles. The molecule has 0 aromatic carbocycles. The van der Waals surface area contributed by atoms with Gasteiger partial charge < -0.3 is 14.8 Å². The standard InChI is InChI=1S/C13H25N3O4S/c1-11-2-5-14-10-12(11)15-21(17,18)16-6-3-13(4-7-16)19-8-9-20-13/h11-12,14-15H,2-10H2,1H3. The zero-order chi connectivity index (χ0) is 14.9. The molecule has 8 heteroatoms. The average Bonchev–Trinajstić information content (AvgIpc) is 2.90. The second kappa shape index (κ2) is 6.10. The van der Waals surface area contributed by atoms with Crippen molar-refractivity contribution in [1.82, 2.24) is 14.3 Å². The number of nitrogens with one attached hydrogen (secondary N) is 2. The SMILES string of the molecule is CC1CCNCC1NS(=O)(=O)N1CCC2(CC1)OCCO2. The fraction of sp³-hybridized carbons (Fsp3) is 1.00. The number of piperidine rings is 2. The molecule has 3 rings (SSSR count). The molecule has 21 heavy (non-hydrogen) atoms. The molecule has 122 valence electrons. The molecule has 0 aromatic rings. The summed E-state index contributed by atoms with van der Waals surface area (Å²) in [6.07, 6.45) is 2.21.